The van der Waals surface area contributed by atoms with E-state index in [1.54, 1.807) is 25.1 Å². The first-order chi connectivity index (χ1) is 16.9. The van der Waals surface area contributed by atoms with Crippen molar-refractivity contribution in [2.45, 2.75) is 38.3 Å². The summed E-state index contributed by atoms with van der Waals surface area (Å²) >= 11 is 0. The van der Waals surface area contributed by atoms with Crippen molar-refractivity contribution in [3.63, 3.8) is 0 Å². The van der Waals surface area contributed by atoms with Crippen LogP contribution in [0.4, 0.5) is 4.39 Å². The standard InChI is InChI=1S/C26H34FN3O5/c1-2-35-24(33)17-29-14-13-28(16-23(29)32)11-9-19-15-30(12-10-22(19)31)25(26(34)18-7-8-18)20-5-3-4-6-21(20)27/h3-6,9,18,22,25,31H,2,7-8,10-17H2,1H3. The van der Waals surface area contributed by atoms with Gasteiger partial charge in [-0.1, -0.05) is 24.3 Å². The highest BCUT2D eigenvalue weighted by atomic mass is 19.1. The molecule has 2 saturated heterocycles. The number of Topliss-reactive ketones (excluding diaryl/α,β-unsaturated/α-hetero) is 1. The maximum absolute atomic E-state index is 14.7. The van der Waals surface area contributed by atoms with Crippen molar-refractivity contribution in [2.24, 2.45) is 5.92 Å². The molecule has 0 bridgehead atoms. The smallest absolute Gasteiger partial charge is 0.325 e. The summed E-state index contributed by atoms with van der Waals surface area (Å²) in [6, 6.07) is 5.77. The van der Waals surface area contributed by atoms with Gasteiger partial charge in [-0.2, -0.15) is 0 Å². The monoisotopic (exact) mass is 487 g/mol. The molecular weight excluding hydrogens is 453 g/mol. The second-order valence-corrected chi connectivity index (χ2v) is 9.51. The van der Waals surface area contributed by atoms with E-state index in [1.165, 1.54) is 11.0 Å². The van der Waals surface area contributed by atoms with E-state index in [0.717, 1.165) is 18.4 Å². The lowest BCUT2D eigenvalue weighted by Gasteiger charge is -2.38. The fraction of sp³-hybridized carbons (Fsp3) is 0.577. The minimum atomic E-state index is -0.660. The van der Waals surface area contributed by atoms with Crippen molar-refractivity contribution >= 4 is 17.7 Å². The largest absolute Gasteiger partial charge is 0.465 e. The third-order valence-corrected chi connectivity index (χ3v) is 6.95. The fourth-order valence-corrected chi connectivity index (χ4v) is 4.82. The number of nitrogens with zero attached hydrogens (tertiary/aromatic N) is 3. The van der Waals surface area contributed by atoms with Gasteiger partial charge >= 0.3 is 5.97 Å². The number of rotatable bonds is 9. The van der Waals surface area contributed by atoms with Crippen LogP contribution < -0.4 is 0 Å². The number of ether oxygens (including phenoxy) is 1. The summed E-state index contributed by atoms with van der Waals surface area (Å²) in [6.45, 7) is 4.53. The molecule has 4 rings (SSSR count). The lowest BCUT2D eigenvalue weighted by molar-refractivity contribution is -0.150. The molecule has 2 aliphatic heterocycles. The number of likely N-dealkylation sites (tertiary alicyclic amines) is 1. The molecule has 9 heteroatoms. The van der Waals surface area contributed by atoms with E-state index < -0.39 is 18.1 Å². The first-order valence-corrected chi connectivity index (χ1v) is 12.4. The minimum Gasteiger partial charge on any atom is -0.465 e. The third kappa shape index (κ3) is 6.34. The zero-order valence-electron chi connectivity index (χ0n) is 20.2. The highest BCUT2D eigenvalue weighted by Crippen LogP contribution is 2.39. The molecule has 35 heavy (non-hydrogen) atoms. The maximum Gasteiger partial charge on any atom is 0.325 e. The van der Waals surface area contributed by atoms with E-state index >= 15 is 0 Å². The first kappa shape index (κ1) is 25.5. The number of halogens is 1. The van der Waals surface area contributed by atoms with Gasteiger partial charge in [0.15, 0.2) is 5.78 Å². The van der Waals surface area contributed by atoms with E-state index in [4.69, 9.17) is 4.74 Å². The predicted octanol–water partition coefficient (Wildman–Crippen LogP) is 1.55. The van der Waals surface area contributed by atoms with Gasteiger partial charge in [0.25, 0.3) is 0 Å². The SMILES string of the molecule is CCOC(=O)CN1CCN(CC=C2CN(C(C(=O)C3CC3)c3ccccc3F)CCC2O)CC1=O. The molecule has 1 aliphatic carbocycles. The van der Waals surface area contributed by atoms with Gasteiger partial charge in [-0.25, -0.2) is 4.39 Å². The Morgan fingerprint density at radius 3 is 2.63 bits per heavy atom. The maximum atomic E-state index is 14.7. The summed E-state index contributed by atoms with van der Waals surface area (Å²) in [5.74, 6) is -0.900. The molecule has 0 radical (unpaired) electrons. The van der Waals surface area contributed by atoms with E-state index in [1.807, 2.05) is 15.9 Å². The van der Waals surface area contributed by atoms with Crippen molar-refractivity contribution in [1.29, 1.82) is 0 Å². The van der Waals surface area contributed by atoms with Crippen LogP contribution in [0, 0.1) is 11.7 Å². The molecule has 2 atom stereocenters. The van der Waals surface area contributed by atoms with Crippen LogP contribution in [0.3, 0.4) is 0 Å². The Morgan fingerprint density at radius 2 is 1.94 bits per heavy atom. The van der Waals surface area contributed by atoms with Crippen molar-refractivity contribution in [2.75, 3.05) is 52.4 Å². The van der Waals surface area contributed by atoms with Gasteiger partial charge in [0.1, 0.15) is 12.4 Å². The number of piperazine rings is 1. The normalized spacial score (nSPS) is 24.0. The molecule has 1 saturated carbocycles. The van der Waals surface area contributed by atoms with Crippen LogP contribution in [0.2, 0.25) is 0 Å². The topological polar surface area (TPSA) is 90.4 Å². The van der Waals surface area contributed by atoms with Gasteiger partial charge < -0.3 is 14.7 Å². The number of amides is 1. The lowest BCUT2D eigenvalue weighted by atomic mass is 9.92. The molecule has 0 spiro atoms. The number of ketones is 1. The zero-order chi connectivity index (χ0) is 24.9. The van der Waals surface area contributed by atoms with Gasteiger partial charge in [0.2, 0.25) is 5.91 Å². The molecule has 2 unspecified atom stereocenters. The number of benzene rings is 1. The average Bonchev–Trinajstić information content (AvgIpc) is 3.68. The summed E-state index contributed by atoms with van der Waals surface area (Å²) in [5, 5.41) is 10.6. The van der Waals surface area contributed by atoms with Crippen LogP contribution in [-0.2, 0) is 19.1 Å². The van der Waals surface area contributed by atoms with Crippen LogP contribution in [0.15, 0.2) is 35.9 Å². The van der Waals surface area contributed by atoms with Crippen molar-refractivity contribution in [3.8, 4) is 0 Å². The summed E-state index contributed by atoms with van der Waals surface area (Å²) in [5.41, 5.74) is 1.17. The summed E-state index contributed by atoms with van der Waals surface area (Å²) in [4.78, 5) is 42.8. The second-order valence-electron chi connectivity index (χ2n) is 9.51. The Labute approximate surface area is 205 Å². The molecule has 1 N–H and O–H groups in total. The van der Waals surface area contributed by atoms with Gasteiger partial charge in [-0.05, 0) is 37.8 Å². The summed E-state index contributed by atoms with van der Waals surface area (Å²) in [6.07, 6.45) is 3.44. The third-order valence-electron chi connectivity index (χ3n) is 6.95. The highest BCUT2D eigenvalue weighted by Gasteiger charge is 2.41. The Hall–Kier alpha value is -2.62. The molecule has 190 valence electrons. The lowest BCUT2D eigenvalue weighted by Crippen LogP contribution is -2.52. The van der Waals surface area contributed by atoms with Gasteiger partial charge in [0.05, 0.1) is 25.3 Å². The Kier molecular flexibility index (Phi) is 8.30. The van der Waals surface area contributed by atoms with Crippen LogP contribution in [0.1, 0.15) is 37.8 Å². The number of carbonyl (C=O) groups is 3. The Balaban J connectivity index is 1.41. The average molecular weight is 488 g/mol. The minimum absolute atomic E-state index is 0.0178. The number of carbonyl (C=O) groups excluding carboxylic acids is 3. The molecule has 1 amide bonds. The zero-order valence-corrected chi connectivity index (χ0v) is 20.2. The molecule has 3 fully saturated rings. The van der Waals surface area contributed by atoms with Gasteiger partial charge in [-0.15, -0.1) is 0 Å². The molecular formula is C26H34FN3O5. The van der Waals surface area contributed by atoms with Crippen LogP contribution >= 0.6 is 0 Å². The van der Waals surface area contributed by atoms with E-state index in [9.17, 15) is 23.9 Å². The highest BCUT2D eigenvalue weighted by molar-refractivity contribution is 5.89. The summed E-state index contributed by atoms with van der Waals surface area (Å²) in [7, 11) is 0. The van der Waals surface area contributed by atoms with Crippen molar-refractivity contribution in [3.05, 3.63) is 47.3 Å². The molecule has 0 aromatic heterocycles. The number of aliphatic hydroxyl groups is 1. The van der Waals surface area contributed by atoms with Gasteiger partial charge in [-0.3, -0.25) is 24.2 Å². The van der Waals surface area contributed by atoms with Gasteiger partial charge in [0, 0.05) is 44.2 Å². The van der Waals surface area contributed by atoms with Crippen LogP contribution in [0.5, 0.6) is 0 Å². The first-order valence-electron chi connectivity index (χ1n) is 12.4. The Morgan fingerprint density at radius 1 is 1.17 bits per heavy atom. The Bertz CT molecular complexity index is 979. The van der Waals surface area contributed by atoms with Crippen molar-refractivity contribution < 1.29 is 28.6 Å². The number of piperidine rings is 1. The second kappa shape index (κ2) is 11.4. The quantitative estimate of drug-likeness (QED) is 0.418. The van der Waals surface area contributed by atoms with E-state index in [0.29, 0.717) is 44.7 Å². The fourth-order valence-electron chi connectivity index (χ4n) is 4.82. The molecule has 1 aromatic rings. The number of hydrogen-bond acceptors (Lipinski definition) is 7. The molecule has 2 heterocycles. The van der Waals surface area contributed by atoms with Crippen LogP contribution in [0.25, 0.3) is 0 Å². The van der Waals surface area contributed by atoms with E-state index in [-0.39, 0.29) is 43.1 Å². The summed E-state index contributed by atoms with van der Waals surface area (Å²) < 4.78 is 19.6. The number of aliphatic hydroxyl groups excluding tert-OH is 1. The van der Waals surface area contributed by atoms with Crippen molar-refractivity contribution in [1.82, 2.24) is 14.7 Å². The predicted molar refractivity (Wildman–Crippen MR) is 127 cm³/mol. The number of esters is 1. The van der Waals surface area contributed by atoms with E-state index in [2.05, 4.69) is 0 Å². The van der Waals surface area contributed by atoms with Crippen LogP contribution in [-0.4, -0.2) is 96.0 Å². The molecule has 8 nitrogen and oxygen atoms in total. The molecule has 3 aliphatic rings. The molecule has 1 aromatic carbocycles. The number of hydrogen-bond donors (Lipinski definition) is 1.